The third-order valence-electron chi connectivity index (χ3n) is 8.39. The van der Waals surface area contributed by atoms with E-state index < -0.39 is 0 Å². The second kappa shape index (κ2) is 13.1. The van der Waals surface area contributed by atoms with Crippen LogP contribution in [-0.2, 0) is 11.3 Å². The van der Waals surface area contributed by atoms with Gasteiger partial charge in [-0.1, -0.05) is 66.2 Å². The van der Waals surface area contributed by atoms with Crippen LogP contribution in [0.1, 0.15) is 72.1 Å². The van der Waals surface area contributed by atoms with Crippen molar-refractivity contribution < 1.29 is 9.59 Å². The number of anilines is 1. The average molecular weight is 568 g/mol. The third-order valence-corrected chi connectivity index (χ3v) is 9.47. The Labute approximate surface area is 249 Å². The number of hydrogen-bond acceptors (Lipinski definition) is 4. The molecule has 2 atom stereocenters. The molecule has 214 valence electrons. The molecule has 2 aliphatic rings. The normalized spacial score (nSPS) is 20.2. The van der Waals surface area contributed by atoms with E-state index in [0.29, 0.717) is 35.6 Å². The van der Waals surface area contributed by atoms with Crippen molar-refractivity contribution in [2.45, 2.75) is 76.9 Å². The van der Waals surface area contributed by atoms with E-state index in [4.69, 9.17) is 0 Å². The number of piperidine rings is 1. The number of carbonyl (C=O) groups excluding carboxylic acids is 2. The van der Waals surface area contributed by atoms with Crippen LogP contribution in [0, 0.1) is 13.8 Å². The molecule has 0 radical (unpaired) electrons. The second-order valence-electron chi connectivity index (χ2n) is 11.5. The minimum Gasteiger partial charge on any atom is -0.352 e. The SMILES string of the molecule is Cc1ccc(C)c(CN2C(=O)/C(=C/c3ccc(C(=O)NCCCN4[C@H](C)CCC[C@@H]4C)cc3)Sc3ccccc32)c1. The number of fused-ring (bicyclic) bond motifs is 1. The molecule has 1 fully saturated rings. The van der Waals surface area contributed by atoms with Gasteiger partial charge in [0.05, 0.1) is 17.1 Å². The van der Waals surface area contributed by atoms with E-state index in [2.05, 4.69) is 62.2 Å². The molecule has 1 N–H and O–H groups in total. The molecule has 41 heavy (non-hydrogen) atoms. The highest BCUT2D eigenvalue weighted by Crippen LogP contribution is 2.42. The zero-order valence-corrected chi connectivity index (χ0v) is 25.5. The third kappa shape index (κ3) is 6.94. The summed E-state index contributed by atoms with van der Waals surface area (Å²) in [4.78, 5) is 32.7. The van der Waals surface area contributed by atoms with Gasteiger partial charge in [0, 0.05) is 35.6 Å². The number of amides is 2. The molecule has 6 heteroatoms. The summed E-state index contributed by atoms with van der Waals surface area (Å²) in [6, 6.07) is 23.2. The molecule has 3 aromatic carbocycles. The first-order chi connectivity index (χ1) is 19.8. The molecule has 0 spiro atoms. The molecule has 5 rings (SSSR count). The first-order valence-corrected chi connectivity index (χ1v) is 15.6. The average Bonchev–Trinajstić information content (AvgIpc) is 2.96. The van der Waals surface area contributed by atoms with Gasteiger partial charge in [-0.2, -0.15) is 0 Å². The van der Waals surface area contributed by atoms with Gasteiger partial charge in [-0.15, -0.1) is 0 Å². The smallest absolute Gasteiger partial charge is 0.265 e. The van der Waals surface area contributed by atoms with Gasteiger partial charge >= 0.3 is 0 Å². The highest BCUT2D eigenvalue weighted by Gasteiger charge is 2.29. The maximum atomic E-state index is 13.7. The summed E-state index contributed by atoms with van der Waals surface area (Å²) in [5.41, 5.74) is 5.98. The monoisotopic (exact) mass is 567 g/mol. The van der Waals surface area contributed by atoms with Crippen molar-refractivity contribution in [2.24, 2.45) is 0 Å². The Kier molecular flexibility index (Phi) is 9.31. The highest BCUT2D eigenvalue weighted by molar-refractivity contribution is 8.04. The standard InChI is InChI=1S/C35H41N3O2S/c1-24-13-14-25(2)30(21-24)23-38-31-11-5-6-12-32(31)41-33(35(38)40)22-28-15-17-29(18-16-28)34(39)36-19-8-20-37-26(3)9-7-10-27(37)4/h5-6,11-18,21-22,26-27H,7-10,19-20,23H2,1-4H3,(H,36,39)/b33-22-/t26-,27+. The maximum Gasteiger partial charge on any atom is 0.265 e. The molecular formula is C35H41N3O2S. The van der Waals surface area contributed by atoms with E-state index in [1.54, 1.807) is 0 Å². The van der Waals surface area contributed by atoms with Crippen LogP contribution in [0.25, 0.3) is 6.08 Å². The van der Waals surface area contributed by atoms with E-state index in [0.717, 1.165) is 34.7 Å². The van der Waals surface area contributed by atoms with Crippen molar-refractivity contribution in [1.29, 1.82) is 0 Å². The van der Waals surface area contributed by atoms with Gasteiger partial charge in [-0.25, -0.2) is 0 Å². The van der Waals surface area contributed by atoms with E-state index in [9.17, 15) is 9.59 Å². The first kappa shape index (κ1) is 29.2. The molecule has 0 saturated carbocycles. The van der Waals surface area contributed by atoms with Crippen LogP contribution in [0.3, 0.4) is 0 Å². The number of hydrogen-bond donors (Lipinski definition) is 1. The molecule has 2 amide bonds. The lowest BCUT2D eigenvalue weighted by atomic mass is 9.97. The predicted octanol–water partition coefficient (Wildman–Crippen LogP) is 7.37. The number of rotatable bonds is 8. The number of aryl methyl sites for hydroxylation is 2. The Morgan fingerprint density at radius 2 is 1.73 bits per heavy atom. The Hall–Kier alpha value is -3.35. The summed E-state index contributed by atoms with van der Waals surface area (Å²) in [7, 11) is 0. The van der Waals surface area contributed by atoms with Crippen molar-refractivity contribution in [3.05, 3.63) is 99.5 Å². The fourth-order valence-corrected chi connectivity index (χ4v) is 6.98. The zero-order valence-electron chi connectivity index (χ0n) is 24.7. The maximum absolute atomic E-state index is 13.7. The quantitative estimate of drug-likeness (QED) is 0.228. The van der Waals surface area contributed by atoms with Crippen LogP contribution in [-0.4, -0.2) is 41.9 Å². The van der Waals surface area contributed by atoms with Crippen LogP contribution in [0.5, 0.6) is 0 Å². The number of para-hydroxylation sites is 1. The van der Waals surface area contributed by atoms with E-state index >= 15 is 0 Å². The minimum atomic E-state index is -0.0549. The van der Waals surface area contributed by atoms with Crippen molar-refractivity contribution in [1.82, 2.24) is 10.2 Å². The molecule has 0 bridgehead atoms. The van der Waals surface area contributed by atoms with Crippen LogP contribution < -0.4 is 10.2 Å². The summed E-state index contributed by atoms with van der Waals surface area (Å²) in [6.45, 7) is 11.0. The Balaban J connectivity index is 1.24. The molecule has 3 aromatic rings. The minimum absolute atomic E-state index is 0.00577. The van der Waals surface area contributed by atoms with Crippen LogP contribution >= 0.6 is 11.8 Å². The molecule has 0 aliphatic carbocycles. The van der Waals surface area contributed by atoms with E-state index in [-0.39, 0.29) is 11.8 Å². The van der Waals surface area contributed by atoms with Crippen molar-refractivity contribution in [3.63, 3.8) is 0 Å². The fraction of sp³-hybridized carbons (Fsp3) is 0.371. The molecule has 2 aliphatic heterocycles. The number of benzene rings is 3. The van der Waals surface area contributed by atoms with Crippen molar-refractivity contribution >= 4 is 35.3 Å². The molecule has 1 saturated heterocycles. The molecule has 0 unspecified atom stereocenters. The fourth-order valence-electron chi connectivity index (χ4n) is 5.92. The van der Waals surface area contributed by atoms with Gasteiger partial charge in [0.2, 0.25) is 0 Å². The number of carbonyl (C=O) groups is 2. The van der Waals surface area contributed by atoms with Gasteiger partial charge in [0.15, 0.2) is 0 Å². The first-order valence-electron chi connectivity index (χ1n) is 14.8. The lowest BCUT2D eigenvalue weighted by Gasteiger charge is -2.39. The highest BCUT2D eigenvalue weighted by atomic mass is 32.2. The van der Waals surface area contributed by atoms with Crippen molar-refractivity contribution in [3.8, 4) is 0 Å². The summed E-state index contributed by atoms with van der Waals surface area (Å²) < 4.78 is 0. The summed E-state index contributed by atoms with van der Waals surface area (Å²) in [5.74, 6) is -0.0607. The van der Waals surface area contributed by atoms with Crippen LogP contribution in [0.15, 0.2) is 76.5 Å². The topological polar surface area (TPSA) is 52.7 Å². The van der Waals surface area contributed by atoms with Gasteiger partial charge < -0.3 is 10.2 Å². The lowest BCUT2D eigenvalue weighted by Crippen LogP contribution is -2.44. The second-order valence-corrected chi connectivity index (χ2v) is 12.6. The Bertz CT molecular complexity index is 1420. The summed E-state index contributed by atoms with van der Waals surface area (Å²) in [5, 5.41) is 3.08. The number of nitrogens with zero attached hydrogens (tertiary/aromatic N) is 2. The zero-order chi connectivity index (χ0) is 28.9. The van der Waals surface area contributed by atoms with Crippen molar-refractivity contribution in [2.75, 3.05) is 18.0 Å². The number of nitrogens with one attached hydrogen (secondary N) is 1. The molecular weight excluding hydrogens is 526 g/mol. The van der Waals surface area contributed by atoms with E-state index in [1.807, 2.05) is 53.4 Å². The van der Waals surface area contributed by atoms with Gasteiger partial charge in [-0.3, -0.25) is 14.5 Å². The number of thioether (sulfide) groups is 1. The molecule has 5 nitrogen and oxygen atoms in total. The Morgan fingerprint density at radius 1 is 1.00 bits per heavy atom. The van der Waals surface area contributed by atoms with Gasteiger partial charge in [0.25, 0.3) is 11.8 Å². The molecule has 0 aromatic heterocycles. The van der Waals surface area contributed by atoms with Crippen LogP contribution in [0.4, 0.5) is 5.69 Å². The van der Waals surface area contributed by atoms with Crippen LogP contribution in [0.2, 0.25) is 0 Å². The largest absolute Gasteiger partial charge is 0.352 e. The Morgan fingerprint density at radius 3 is 2.49 bits per heavy atom. The molecule has 2 heterocycles. The predicted molar refractivity (Wildman–Crippen MR) is 170 cm³/mol. The summed E-state index contributed by atoms with van der Waals surface area (Å²) in [6.07, 6.45) is 6.72. The number of likely N-dealkylation sites (tertiary alicyclic amines) is 1. The van der Waals surface area contributed by atoms with Gasteiger partial charge in [0.1, 0.15) is 0 Å². The lowest BCUT2D eigenvalue weighted by molar-refractivity contribution is -0.114. The summed E-state index contributed by atoms with van der Waals surface area (Å²) >= 11 is 1.50. The van der Waals surface area contributed by atoms with E-state index in [1.165, 1.54) is 42.2 Å². The van der Waals surface area contributed by atoms with Gasteiger partial charge in [-0.05, 0) is 94.0 Å².